The fourth-order valence-corrected chi connectivity index (χ4v) is 4.13. The normalized spacial score (nSPS) is 13.1. The van der Waals surface area contributed by atoms with Gasteiger partial charge in [0.25, 0.3) is 0 Å². The van der Waals surface area contributed by atoms with Gasteiger partial charge in [-0.2, -0.15) is 13.2 Å². The lowest BCUT2D eigenvalue weighted by molar-refractivity contribution is -0.137. The predicted octanol–water partition coefficient (Wildman–Crippen LogP) is 4.77. The molecule has 1 amide bonds. The maximum Gasteiger partial charge on any atom is 0.417 e. The Kier molecular flexibility index (Phi) is 6.54. The van der Waals surface area contributed by atoms with Gasteiger partial charge in [-0.05, 0) is 62.2 Å². The number of amides is 1. The Labute approximate surface area is 172 Å². The summed E-state index contributed by atoms with van der Waals surface area (Å²) in [4.78, 5) is 12.6. The third kappa shape index (κ3) is 5.42. The summed E-state index contributed by atoms with van der Waals surface area (Å²) in [6, 6.07) is 6.64. The topological polar surface area (TPSA) is 66.5 Å². The summed E-state index contributed by atoms with van der Waals surface area (Å²) >= 11 is 5.58. The summed E-state index contributed by atoms with van der Waals surface area (Å²) in [6.07, 6.45) is -3.74. The highest BCUT2D eigenvalue weighted by molar-refractivity contribution is 7.92. The van der Waals surface area contributed by atoms with Gasteiger partial charge in [0.1, 0.15) is 6.04 Å². The van der Waals surface area contributed by atoms with Gasteiger partial charge < -0.3 is 5.32 Å². The van der Waals surface area contributed by atoms with Crippen molar-refractivity contribution in [1.82, 2.24) is 0 Å². The van der Waals surface area contributed by atoms with E-state index in [1.807, 2.05) is 6.92 Å². The molecule has 0 saturated carbocycles. The maximum atomic E-state index is 13.0. The zero-order valence-electron chi connectivity index (χ0n) is 16.1. The van der Waals surface area contributed by atoms with E-state index in [2.05, 4.69) is 5.32 Å². The summed E-state index contributed by atoms with van der Waals surface area (Å²) in [5.41, 5.74) is 0.813. The first-order chi connectivity index (χ1) is 13.2. The second-order valence-corrected chi connectivity index (χ2v) is 8.95. The molecule has 0 aromatic heterocycles. The molecule has 29 heavy (non-hydrogen) atoms. The summed E-state index contributed by atoms with van der Waals surface area (Å²) in [5.74, 6) is -0.788. The largest absolute Gasteiger partial charge is 0.417 e. The Morgan fingerprint density at radius 3 is 2.24 bits per heavy atom. The first-order valence-corrected chi connectivity index (χ1v) is 10.7. The van der Waals surface area contributed by atoms with Crippen LogP contribution in [0.5, 0.6) is 0 Å². The van der Waals surface area contributed by atoms with Crippen LogP contribution in [0.4, 0.5) is 24.5 Å². The minimum atomic E-state index is -4.69. The van der Waals surface area contributed by atoms with E-state index in [0.29, 0.717) is 6.07 Å². The van der Waals surface area contributed by atoms with Crippen LogP contribution >= 0.6 is 11.6 Å². The van der Waals surface area contributed by atoms with E-state index in [1.165, 1.54) is 13.0 Å². The molecule has 0 heterocycles. The SMILES string of the molecule is Cc1ccc(N([C@@H](C)C(=O)Nc2ccc(Cl)c(C(F)(F)F)c2)S(C)(=O)=O)cc1C. The Morgan fingerprint density at radius 1 is 1.10 bits per heavy atom. The minimum Gasteiger partial charge on any atom is -0.324 e. The predicted molar refractivity (Wildman–Crippen MR) is 108 cm³/mol. The molecule has 0 aliphatic rings. The first kappa shape index (κ1) is 23.0. The van der Waals surface area contributed by atoms with Crippen molar-refractivity contribution in [2.45, 2.75) is 33.0 Å². The van der Waals surface area contributed by atoms with Gasteiger partial charge in [0, 0.05) is 5.69 Å². The number of carbonyl (C=O) groups excluding carboxylic acids is 1. The van der Waals surface area contributed by atoms with Crippen molar-refractivity contribution >= 4 is 38.9 Å². The number of rotatable bonds is 5. The molecule has 0 radical (unpaired) electrons. The van der Waals surface area contributed by atoms with Crippen LogP contribution in [0.3, 0.4) is 0 Å². The number of anilines is 2. The first-order valence-electron chi connectivity index (χ1n) is 8.46. The molecule has 0 spiro atoms. The van der Waals surface area contributed by atoms with E-state index in [9.17, 15) is 26.4 Å². The number of aryl methyl sites for hydroxylation is 2. The molecular formula is C19H20ClF3N2O3S. The summed E-state index contributed by atoms with van der Waals surface area (Å²) in [5, 5.41) is 1.82. The van der Waals surface area contributed by atoms with Gasteiger partial charge >= 0.3 is 6.18 Å². The highest BCUT2D eigenvalue weighted by atomic mass is 35.5. The fraction of sp³-hybridized carbons (Fsp3) is 0.316. The van der Waals surface area contributed by atoms with Crippen LogP contribution in [0.25, 0.3) is 0 Å². The molecule has 0 aliphatic heterocycles. The molecule has 0 bridgehead atoms. The molecule has 0 aliphatic carbocycles. The third-order valence-electron chi connectivity index (χ3n) is 4.37. The van der Waals surface area contributed by atoms with E-state index >= 15 is 0 Å². The standard InChI is InChI=1S/C19H20ClF3N2O3S/c1-11-5-7-15(9-12(11)2)25(29(4,27)28)13(3)18(26)24-14-6-8-17(20)16(10-14)19(21,22)23/h5-10,13H,1-4H3,(H,24,26)/t13-/m0/s1. The highest BCUT2D eigenvalue weighted by Gasteiger charge is 2.34. The van der Waals surface area contributed by atoms with Crippen LogP contribution in [-0.2, 0) is 21.0 Å². The number of sulfonamides is 1. The Morgan fingerprint density at radius 2 is 1.72 bits per heavy atom. The number of halogens is 4. The van der Waals surface area contributed by atoms with Crippen molar-refractivity contribution in [1.29, 1.82) is 0 Å². The lowest BCUT2D eigenvalue weighted by Gasteiger charge is -2.28. The number of hydrogen-bond donors (Lipinski definition) is 1. The summed E-state index contributed by atoms with van der Waals surface area (Å²) < 4.78 is 64.6. The van der Waals surface area contributed by atoms with Crippen LogP contribution in [0.2, 0.25) is 5.02 Å². The molecule has 5 nitrogen and oxygen atoms in total. The second kappa shape index (κ2) is 8.23. The maximum absolute atomic E-state index is 13.0. The fourth-order valence-electron chi connectivity index (χ4n) is 2.74. The van der Waals surface area contributed by atoms with Crippen molar-refractivity contribution in [3.8, 4) is 0 Å². The quantitative estimate of drug-likeness (QED) is 0.716. The number of alkyl halides is 3. The summed E-state index contributed by atoms with van der Waals surface area (Å²) in [6.45, 7) is 5.02. The van der Waals surface area contributed by atoms with E-state index in [1.54, 1.807) is 25.1 Å². The Bertz CT molecular complexity index is 1040. The summed E-state index contributed by atoms with van der Waals surface area (Å²) in [7, 11) is -3.85. The molecule has 0 unspecified atom stereocenters. The van der Waals surface area contributed by atoms with Gasteiger partial charge in [0.2, 0.25) is 15.9 Å². The van der Waals surface area contributed by atoms with Crippen LogP contribution in [0.1, 0.15) is 23.6 Å². The van der Waals surface area contributed by atoms with Crippen LogP contribution in [0, 0.1) is 13.8 Å². The minimum absolute atomic E-state index is 0.146. The Balaban J connectivity index is 2.36. The lowest BCUT2D eigenvalue weighted by Crippen LogP contribution is -2.45. The van der Waals surface area contributed by atoms with Crippen LogP contribution < -0.4 is 9.62 Å². The average Bonchev–Trinajstić information content (AvgIpc) is 2.57. The molecule has 2 aromatic rings. The van der Waals surface area contributed by atoms with Gasteiger partial charge in [-0.15, -0.1) is 0 Å². The molecule has 1 N–H and O–H groups in total. The Hall–Kier alpha value is -2.26. The number of nitrogens with zero attached hydrogens (tertiary/aromatic N) is 1. The number of benzene rings is 2. The van der Waals surface area contributed by atoms with E-state index < -0.39 is 38.7 Å². The van der Waals surface area contributed by atoms with Crippen molar-refractivity contribution in [2.75, 3.05) is 15.9 Å². The molecule has 2 rings (SSSR count). The zero-order chi connectivity index (χ0) is 22.1. The molecular weight excluding hydrogens is 429 g/mol. The smallest absolute Gasteiger partial charge is 0.324 e. The lowest BCUT2D eigenvalue weighted by atomic mass is 10.1. The number of hydrogen-bond acceptors (Lipinski definition) is 3. The van der Waals surface area contributed by atoms with Gasteiger partial charge in [-0.1, -0.05) is 17.7 Å². The molecule has 0 saturated heterocycles. The number of carbonyl (C=O) groups is 1. The molecule has 10 heteroatoms. The van der Waals surface area contributed by atoms with E-state index in [-0.39, 0.29) is 11.4 Å². The molecule has 2 aromatic carbocycles. The average molecular weight is 449 g/mol. The molecule has 158 valence electrons. The molecule has 0 fully saturated rings. The van der Waals surface area contributed by atoms with Gasteiger partial charge in [0.05, 0.1) is 22.5 Å². The monoisotopic (exact) mass is 448 g/mol. The van der Waals surface area contributed by atoms with Gasteiger partial charge in [0.15, 0.2) is 0 Å². The van der Waals surface area contributed by atoms with E-state index in [0.717, 1.165) is 27.8 Å². The van der Waals surface area contributed by atoms with E-state index in [4.69, 9.17) is 11.6 Å². The molecule has 1 atom stereocenters. The second-order valence-electron chi connectivity index (χ2n) is 6.68. The van der Waals surface area contributed by atoms with Crippen molar-refractivity contribution in [2.24, 2.45) is 0 Å². The van der Waals surface area contributed by atoms with Gasteiger partial charge in [-0.25, -0.2) is 8.42 Å². The zero-order valence-corrected chi connectivity index (χ0v) is 17.7. The van der Waals surface area contributed by atoms with Crippen LogP contribution in [0.15, 0.2) is 36.4 Å². The van der Waals surface area contributed by atoms with Crippen LogP contribution in [-0.4, -0.2) is 26.6 Å². The van der Waals surface area contributed by atoms with Crippen molar-refractivity contribution in [3.63, 3.8) is 0 Å². The van der Waals surface area contributed by atoms with Crippen molar-refractivity contribution < 1.29 is 26.4 Å². The number of nitrogens with one attached hydrogen (secondary N) is 1. The van der Waals surface area contributed by atoms with Crippen molar-refractivity contribution in [3.05, 3.63) is 58.1 Å². The third-order valence-corrected chi connectivity index (χ3v) is 5.94. The highest BCUT2D eigenvalue weighted by Crippen LogP contribution is 2.36. The van der Waals surface area contributed by atoms with Gasteiger partial charge in [-0.3, -0.25) is 9.10 Å².